The molecule has 0 spiro atoms. The predicted octanol–water partition coefficient (Wildman–Crippen LogP) is 5.71. The van der Waals surface area contributed by atoms with Gasteiger partial charge in [-0.1, -0.05) is 29.8 Å². The number of hydrogen-bond acceptors (Lipinski definition) is 3. The summed E-state index contributed by atoms with van der Waals surface area (Å²) in [5, 5.41) is 6.09. The van der Waals surface area contributed by atoms with Crippen LogP contribution in [0.25, 0.3) is 0 Å². The minimum absolute atomic E-state index is 0.110. The van der Waals surface area contributed by atoms with E-state index in [4.69, 9.17) is 11.6 Å². The van der Waals surface area contributed by atoms with Crippen molar-refractivity contribution in [1.82, 2.24) is 0 Å². The van der Waals surface area contributed by atoms with E-state index in [0.29, 0.717) is 16.3 Å². The lowest BCUT2D eigenvalue weighted by atomic mass is 10.2. The number of amides is 2. The van der Waals surface area contributed by atoms with E-state index in [1.807, 2.05) is 49.4 Å². The smallest absolute Gasteiger partial charge is 0.255 e. The summed E-state index contributed by atoms with van der Waals surface area (Å²) < 4.78 is 0. The van der Waals surface area contributed by atoms with E-state index in [2.05, 4.69) is 10.6 Å². The highest BCUT2D eigenvalue weighted by molar-refractivity contribution is 8.00. The van der Waals surface area contributed by atoms with Gasteiger partial charge in [0.15, 0.2) is 0 Å². The molecule has 0 unspecified atom stereocenters. The second-order valence-electron chi connectivity index (χ2n) is 6.10. The van der Waals surface area contributed by atoms with Crippen LogP contribution >= 0.6 is 23.4 Å². The SMILES string of the molecule is C[C@H](Sc1ccc(Cl)cc1)C(=O)Nc1ccc(C(=O)Nc2ccccc2)cc1. The Balaban J connectivity index is 1.56. The first-order valence-corrected chi connectivity index (χ1v) is 9.96. The number of rotatable bonds is 6. The summed E-state index contributed by atoms with van der Waals surface area (Å²) in [5.74, 6) is -0.308. The van der Waals surface area contributed by atoms with Crippen molar-refractivity contribution in [1.29, 1.82) is 0 Å². The number of thioether (sulfide) groups is 1. The number of para-hydroxylation sites is 1. The largest absolute Gasteiger partial charge is 0.325 e. The van der Waals surface area contributed by atoms with Gasteiger partial charge in [-0.25, -0.2) is 0 Å². The molecule has 28 heavy (non-hydrogen) atoms. The van der Waals surface area contributed by atoms with Gasteiger partial charge in [0.1, 0.15) is 0 Å². The lowest BCUT2D eigenvalue weighted by Gasteiger charge is -2.12. The molecule has 3 rings (SSSR count). The maximum atomic E-state index is 12.4. The molecule has 0 radical (unpaired) electrons. The maximum absolute atomic E-state index is 12.4. The van der Waals surface area contributed by atoms with E-state index >= 15 is 0 Å². The van der Waals surface area contributed by atoms with Crippen LogP contribution in [0.2, 0.25) is 5.02 Å². The zero-order valence-electron chi connectivity index (χ0n) is 15.2. The van der Waals surface area contributed by atoms with Gasteiger partial charge in [0.25, 0.3) is 5.91 Å². The van der Waals surface area contributed by atoms with Crippen LogP contribution in [-0.2, 0) is 4.79 Å². The normalized spacial score (nSPS) is 11.5. The maximum Gasteiger partial charge on any atom is 0.255 e. The summed E-state index contributed by atoms with van der Waals surface area (Å²) in [5.41, 5.74) is 1.90. The molecule has 1 atom stereocenters. The van der Waals surface area contributed by atoms with Gasteiger partial charge in [-0.2, -0.15) is 0 Å². The molecule has 2 N–H and O–H groups in total. The summed E-state index contributed by atoms with van der Waals surface area (Å²) in [4.78, 5) is 25.7. The molecule has 3 aromatic rings. The van der Waals surface area contributed by atoms with Crippen molar-refractivity contribution in [2.75, 3.05) is 10.6 Å². The molecule has 142 valence electrons. The second-order valence-corrected chi connectivity index (χ2v) is 7.95. The summed E-state index contributed by atoms with van der Waals surface area (Å²) in [7, 11) is 0. The van der Waals surface area contributed by atoms with Crippen molar-refractivity contribution in [3.63, 3.8) is 0 Å². The number of carbonyl (C=O) groups is 2. The Labute approximate surface area is 173 Å². The predicted molar refractivity (Wildman–Crippen MR) is 116 cm³/mol. The highest BCUT2D eigenvalue weighted by atomic mass is 35.5. The first kappa shape index (κ1) is 20.0. The molecule has 0 aliphatic heterocycles. The zero-order chi connectivity index (χ0) is 19.9. The zero-order valence-corrected chi connectivity index (χ0v) is 16.8. The molecule has 0 saturated heterocycles. The summed E-state index contributed by atoms with van der Waals surface area (Å²) in [6.45, 7) is 1.84. The number of anilines is 2. The minimum atomic E-state index is -0.276. The third kappa shape index (κ3) is 5.62. The Kier molecular flexibility index (Phi) is 6.74. The lowest BCUT2D eigenvalue weighted by molar-refractivity contribution is -0.115. The minimum Gasteiger partial charge on any atom is -0.325 e. The molecule has 0 fully saturated rings. The molecule has 0 aliphatic rings. The highest BCUT2D eigenvalue weighted by Crippen LogP contribution is 2.25. The van der Waals surface area contributed by atoms with Crippen molar-refractivity contribution in [2.24, 2.45) is 0 Å². The van der Waals surface area contributed by atoms with E-state index < -0.39 is 0 Å². The van der Waals surface area contributed by atoms with Crippen molar-refractivity contribution < 1.29 is 9.59 Å². The van der Waals surface area contributed by atoms with Crippen LogP contribution in [0.5, 0.6) is 0 Å². The Bertz CT molecular complexity index is 945. The van der Waals surface area contributed by atoms with Gasteiger partial charge >= 0.3 is 0 Å². The van der Waals surface area contributed by atoms with E-state index in [0.717, 1.165) is 10.6 Å². The van der Waals surface area contributed by atoms with Gasteiger partial charge in [-0.15, -0.1) is 11.8 Å². The van der Waals surface area contributed by atoms with Crippen LogP contribution in [0.4, 0.5) is 11.4 Å². The van der Waals surface area contributed by atoms with Gasteiger partial charge in [-0.3, -0.25) is 9.59 Å². The number of nitrogens with one attached hydrogen (secondary N) is 2. The third-order valence-electron chi connectivity index (χ3n) is 3.94. The van der Waals surface area contributed by atoms with E-state index in [1.165, 1.54) is 11.8 Å². The third-order valence-corrected chi connectivity index (χ3v) is 5.31. The van der Waals surface area contributed by atoms with Crippen LogP contribution in [-0.4, -0.2) is 17.1 Å². The average Bonchev–Trinajstić information content (AvgIpc) is 2.71. The standard InChI is InChI=1S/C22H19ClN2O2S/c1-15(28-20-13-9-17(23)10-14-20)21(26)24-19-11-7-16(8-12-19)22(27)25-18-5-3-2-4-6-18/h2-15H,1H3,(H,24,26)(H,25,27)/t15-/m0/s1. The molecular weight excluding hydrogens is 392 g/mol. The molecule has 0 bridgehead atoms. The molecule has 6 heteroatoms. The first-order valence-electron chi connectivity index (χ1n) is 8.71. The molecule has 0 heterocycles. The van der Waals surface area contributed by atoms with Gasteiger partial charge in [0.05, 0.1) is 5.25 Å². The highest BCUT2D eigenvalue weighted by Gasteiger charge is 2.15. The Morgan fingerprint density at radius 1 is 0.821 bits per heavy atom. The molecule has 4 nitrogen and oxygen atoms in total. The molecule has 3 aromatic carbocycles. The van der Waals surface area contributed by atoms with Crippen LogP contribution in [0.1, 0.15) is 17.3 Å². The first-order chi connectivity index (χ1) is 13.5. The molecule has 0 aliphatic carbocycles. The molecular formula is C22H19ClN2O2S. The second kappa shape index (κ2) is 9.44. The quantitative estimate of drug-likeness (QED) is 0.511. The number of hydrogen-bond donors (Lipinski definition) is 2. The average molecular weight is 411 g/mol. The number of benzene rings is 3. The van der Waals surface area contributed by atoms with E-state index in [-0.39, 0.29) is 17.1 Å². The van der Waals surface area contributed by atoms with Crippen molar-refractivity contribution in [3.8, 4) is 0 Å². The van der Waals surface area contributed by atoms with Crippen LogP contribution < -0.4 is 10.6 Å². The monoisotopic (exact) mass is 410 g/mol. The summed E-state index contributed by atoms with van der Waals surface area (Å²) in [6, 6.07) is 23.4. The Morgan fingerprint density at radius 2 is 1.43 bits per heavy atom. The molecule has 2 amide bonds. The topological polar surface area (TPSA) is 58.2 Å². The Hall–Kier alpha value is -2.76. The fraction of sp³-hybridized carbons (Fsp3) is 0.0909. The molecule has 0 saturated carbocycles. The van der Waals surface area contributed by atoms with E-state index in [1.54, 1.807) is 36.4 Å². The number of carbonyl (C=O) groups excluding carboxylic acids is 2. The van der Waals surface area contributed by atoms with E-state index in [9.17, 15) is 9.59 Å². The fourth-order valence-electron chi connectivity index (χ4n) is 2.44. The van der Waals surface area contributed by atoms with Crippen molar-refractivity contribution in [3.05, 3.63) is 89.4 Å². The van der Waals surface area contributed by atoms with Crippen LogP contribution in [0.15, 0.2) is 83.8 Å². The summed E-state index contributed by atoms with van der Waals surface area (Å²) in [6.07, 6.45) is 0. The fourth-order valence-corrected chi connectivity index (χ4v) is 3.44. The van der Waals surface area contributed by atoms with Gasteiger partial charge in [-0.05, 0) is 67.6 Å². The summed E-state index contributed by atoms with van der Waals surface area (Å²) >= 11 is 7.34. The molecule has 0 aromatic heterocycles. The van der Waals surface area contributed by atoms with Crippen molar-refractivity contribution in [2.45, 2.75) is 17.1 Å². The van der Waals surface area contributed by atoms with Crippen molar-refractivity contribution >= 4 is 46.6 Å². The van der Waals surface area contributed by atoms with Gasteiger partial charge in [0.2, 0.25) is 5.91 Å². The Morgan fingerprint density at radius 3 is 2.07 bits per heavy atom. The van der Waals surface area contributed by atoms with Gasteiger partial charge < -0.3 is 10.6 Å². The number of halogens is 1. The lowest BCUT2D eigenvalue weighted by Crippen LogP contribution is -2.22. The van der Waals surface area contributed by atoms with Crippen LogP contribution in [0.3, 0.4) is 0 Å². The van der Waals surface area contributed by atoms with Gasteiger partial charge in [0, 0.05) is 26.9 Å². The van der Waals surface area contributed by atoms with Crippen LogP contribution in [0, 0.1) is 0 Å².